The van der Waals surface area contributed by atoms with Crippen molar-refractivity contribution < 1.29 is 4.74 Å². The molecule has 1 aromatic heterocycles. The number of aromatic amines is 1. The van der Waals surface area contributed by atoms with Crippen molar-refractivity contribution in [2.45, 2.75) is 45.4 Å². The maximum absolute atomic E-state index is 5.56. The van der Waals surface area contributed by atoms with Crippen LogP contribution in [0.25, 0.3) is 0 Å². The van der Waals surface area contributed by atoms with E-state index in [0.717, 1.165) is 37.5 Å². The number of H-pyrrole nitrogens is 1. The minimum Gasteiger partial charge on any atom is -0.370 e. The molecule has 1 fully saturated rings. The van der Waals surface area contributed by atoms with Crippen LogP contribution in [0.4, 0.5) is 0 Å². The summed E-state index contributed by atoms with van der Waals surface area (Å²) in [7, 11) is 0. The van der Waals surface area contributed by atoms with E-state index in [2.05, 4.69) is 29.1 Å². The van der Waals surface area contributed by atoms with Crippen LogP contribution in [0.15, 0.2) is 6.20 Å². The van der Waals surface area contributed by atoms with Crippen molar-refractivity contribution in [3.05, 3.63) is 17.7 Å². The van der Waals surface area contributed by atoms with E-state index in [-0.39, 0.29) is 6.10 Å². The summed E-state index contributed by atoms with van der Waals surface area (Å²) in [6.45, 7) is 5.98. The fourth-order valence-electron chi connectivity index (χ4n) is 1.74. The second-order valence-electron chi connectivity index (χ2n) is 4.33. The summed E-state index contributed by atoms with van der Waals surface area (Å²) in [5.74, 6) is 0.980. The Bertz CT molecular complexity index is 303. The van der Waals surface area contributed by atoms with Crippen molar-refractivity contribution >= 4 is 0 Å². The third-order valence-corrected chi connectivity index (χ3v) is 2.58. The number of hydrogen-bond acceptors (Lipinski definition) is 3. The Morgan fingerprint density at radius 3 is 3.20 bits per heavy atom. The molecule has 2 heterocycles. The molecule has 1 aliphatic rings. The Labute approximate surface area is 90.4 Å². The molecule has 4 heteroatoms. The van der Waals surface area contributed by atoms with Crippen molar-refractivity contribution in [2.24, 2.45) is 0 Å². The van der Waals surface area contributed by atoms with Crippen LogP contribution in [0.3, 0.4) is 0 Å². The van der Waals surface area contributed by atoms with Crippen molar-refractivity contribution in [3.8, 4) is 0 Å². The maximum atomic E-state index is 5.56. The molecule has 0 spiro atoms. The standard InChI is InChI=1S/C11H19N3O/c1-8(2)12-6-9-7-13-11(14-9)10-4-3-5-15-10/h7-8,10,12H,3-6H2,1-2H3,(H,13,14). The van der Waals surface area contributed by atoms with E-state index < -0.39 is 0 Å². The van der Waals surface area contributed by atoms with Gasteiger partial charge in [-0.2, -0.15) is 0 Å². The zero-order valence-corrected chi connectivity index (χ0v) is 9.42. The van der Waals surface area contributed by atoms with E-state index in [9.17, 15) is 0 Å². The van der Waals surface area contributed by atoms with Crippen molar-refractivity contribution in [1.82, 2.24) is 15.3 Å². The Morgan fingerprint density at radius 2 is 2.53 bits per heavy atom. The third kappa shape index (κ3) is 2.79. The number of rotatable bonds is 4. The maximum Gasteiger partial charge on any atom is 0.135 e. The van der Waals surface area contributed by atoms with Crippen LogP contribution in [0.5, 0.6) is 0 Å². The van der Waals surface area contributed by atoms with Gasteiger partial charge in [-0.1, -0.05) is 13.8 Å². The second kappa shape index (κ2) is 4.77. The van der Waals surface area contributed by atoms with E-state index in [1.54, 1.807) is 0 Å². The van der Waals surface area contributed by atoms with E-state index >= 15 is 0 Å². The van der Waals surface area contributed by atoms with Crippen LogP contribution < -0.4 is 5.32 Å². The lowest BCUT2D eigenvalue weighted by Gasteiger charge is -2.06. The summed E-state index contributed by atoms with van der Waals surface area (Å²) in [6, 6.07) is 0.500. The van der Waals surface area contributed by atoms with Crippen molar-refractivity contribution in [2.75, 3.05) is 6.61 Å². The molecule has 84 valence electrons. The van der Waals surface area contributed by atoms with Gasteiger partial charge in [0.25, 0.3) is 0 Å². The third-order valence-electron chi connectivity index (χ3n) is 2.58. The van der Waals surface area contributed by atoms with Gasteiger partial charge in [0, 0.05) is 31.1 Å². The molecule has 0 aliphatic carbocycles. The van der Waals surface area contributed by atoms with Gasteiger partial charge in [0.15, 0.2) is 0 Å². The fraction of sp³-hybridized carbons (Fsp3) is 0.727. The highest BCUT2D eigenvalue weighted by atomic mass is 16.5. The average molecular weight is 209 g/mol. The van der Waals surface area contributed by atoms with Crippen molar-refractivity contribution in [1.29, 1.82) is 0 Å². The largest absolute Gasteiger partial charge is 0.370 e. The highest BCUT2D eigenvalue weighted by Crippen LogP contribution is 2.25. The average Bonchev–Trinajstić information content (AvgIpc) is 2.85. The first-order chi connectivity index (χ1) is 7.25. The Hall–Kier alpha value is -0.870. The first kappa shape index (κ1) is 10.6. The highest BCUT2D eigenvalue weighted by molar-refractivity contribution is 5.04. The molecular formula is C11H19N3O. The molecule has 0 amide bonds. The van der Waals surface area contributed by atoms with Gasteiger partial charge >= 0.3 is 0 Å². The lowest BCUT2D eigenvalue weighted by molar-refractivity contribution is 0.105. The number of imidazole rings is 1. The van der Waals surface area contributed by atoms with E-state index in [0.29, 0.717) is 6.04 Å². The molecule has 4 nitrogen and oxygen atoms in total. The van der Waals surface area contributed by atoms with Crippen LogP contribution >= 0.6 is 0 Å². The molecule has 1 aliphatic heterocycles. The molecular weight excluding hydrogens is 190 g/mol. The molecule has 0 bridgehead atoms. The number of aromatic nitrogens is 2. The summed E-state index contributed by atoms with van der Waals surface area (Å²) in [4.78, 5) is 7.67. The number of hydrogen-bond donors (Lipinski definition) is 2. The smallest absolute Gasteiger partial charge is 0.135 e. The van der Waals surface area contributed by atoms with Gasteiger partial charge in [0.2, 0.25) is 0 Å². The van der Waals surface area contributed by atoms with Crippen molar-refractivity contribution in [3.63, 3.8) is 0 Å². The normalized spacial score (nSPS) is 21.4. The molecule has 15 heavy (non-hydrogen) atoms. The zero-order valence-electron chi connectivity index (χ0n) is 9.42. The van der Waals surface area contributed by atoms with E-state index in [1.807, 2.05) is 6.20 Å². The molecule has 2 N–H and O–H groups in total. The van der Waals surface area contributed by atoms with Gasteiger partial charge in [-0.25, -0.2) is 4.98 Å². The van der Waals surface area contributed by atoms with Gasteiger partial charge in [-0.3, -0.25) is 0 Å². The molecule has 0 aromatic carbocycles. The van der Waals surface area contributed by atoms with Crippen LogP contribution in [0.1, 0.15) is 44.3 Å². The minimum atomic E-state index is 0.192. The molecule has 0 radical (unpaired) electrons. The SMILES string of the molecule is CC(C)NCc1cnc(C2CCCO2)[nH]1. The lowest BCUT2D eigenvalue weighted by atomic mass is 10.2. The Balaban J connectivity index is 1.91. The number of ether oxygens (including phenoxy) is 1. The summed E-state index contributed by atoms with van der Waals surface area (Å²) >= 11 is 0. The van der Waals surface area contributed by atoms with Crippen LogP contribution in [0.2, 0.25) is 0 Å². The molecule has 1 saturated heterocycles. The molecule has 1 atom stereocenters. The highest BCUT2D eigenvalue weighted by Gasteiger charge is 2.20. The summed E-state index contributed by atoms with van der Waals surface area (Å²) < 4.78 is 5.56. The summed E-state index contributed by atoms with van der Waals surface area (Å²) in [5, 5.41) is 3.35. The fourth-order valence-corrected chi connectivity index (χ4v) is 1.74. The molecule has 2 rings (SSSR count). The molecule has 0 saturated carbocycles. The van der Waals surface area contributed by atoms with E-state index in [1.165, 1.54) is 0 Å². The summed E-state index contributed by atoms with van der Waals surface area (Å²) in [5.41, 5.74) is 1.13. The second-order valence-corrected chi connectivity index (χ2v) is 4.33. The lowest BCUT2D eigenvalue weighted by Crippen LogP contribution is -2.22. The van der Waals surface area contributed by atoms with Gasteiger partial charge in [0.05, 0.1) is 0 Å². The molecule has 1 aromatic rings. The zero-order chi connectivity index (χ0) is 10.7. The van der Waals surface area contributed by atoms with Gasteiger partial charge in [0.1, 0.15) is 11.9 Å². The first-order valence-electron chi connectivity index (χ1n) is 5.64. The van der Waals surface area contributed by atoms with Gasteiger partial charge < -0.3 is 15.0 Å². The van der Waals surface area contributed by atoms with Crippen LogP contribution in [-0.4, -0.2) is 22.6 Å². The summed E-state index contributed by atoms with van der Waals surface area (Å²) in [6.07, 6.45) is 4.32. The first-order valence-corrected chi connectivity index (χ1v) is 5.64. The van der Waals surface area contributed by atoms with E-state index in [4.69, 9.17) is 4.74 Å². The van der Waals surface area contributed by atoms with Crippen LogP contribution in [-0.2, 0) is 11.3 Å². The minimum absolute atomic E-state index is 0.192. The predicted molar refractivity (Wildman–Crippen MR) is 58.5 cm³/mol. The van der Waals surface area contributed by atoms with Gasteiger partial charge in [-0.05, 0) is 12.8 Å². The number of nitrogens with zero attached hydrogens (tertiary/aromatic N) is 1. The Kier molecular flexibility index (Phi) is 3.38. The van der Waals surface area contributed by atoms with Gasteiger partial charge in [-0.15, -0.1) is 0 Å². The quantitative estimate of drug-likeness (QED) is 0.794. The number of nitrogens with one attached hydrogen (secondary N) is 2. The van der Waals surface area contributed by atoms with Crippen LogP contribution in [0, 0.1) is 0 Å². The Morgan fingerprint density at radius 1 is 1.67 bits per heavy atom. The monoisotopic (exact) mass is 209 g/mol. The topological polar surface area (TPSA) is 49.9 Å². The predicted octanol–water partition coefficient (Wildman–Crippen LogP) is 1.76. The molecule has 1 unspecified atom stereocenters.